The van der Waals surface area contributed by atoms with Crippen LogP contribution < -0.4 is 0 Å². The van der Waals surface area contributed by atoms with Crippen molar-refractivity contribution in [1.82, 2.24) is 0 Å². The molecule has 0 aliphatic rings. The molecule has 0 atom stereocenters. The molecule has 0 saturated heterocycles. The van der Waals surface area contributed by atoms with Crippen molar-refractivity contribution in [2.45, 2.75) is 4.21 Å². The monoisotopic (exact) mass is 160 g/mol. The molecule has 1 aromatic rings. The van der Waals surface area contributed by atoms with Gasteiger partial charge in [0, 0.05) is 5.75 Å². The normalized spacial score (nSPS) is 9.89. The largest absolute Gasteiger partial charge is 0.396 e. The lowest BCUT2D eigenvalue weighted by atomic mass is 10.7. The van der Waals surface area contributed by atoms with Crippen LogP contribution in [0.4, 0.5) is 0 Å². The molecule has 1 heterocycles. The fourth-order valence-corrected chi connectivity index (χ4v) is 2.10. The number of thiophene rings is 1. The third-order valence-electron chi connectivity index (χ3n) is 0.831. The molecule has 3 heteroatoms. The Hall–Kier alpha value is 0.01000. The van der Waals surface area contributed by atoms with Gasteiger partial charge in [-0.1, -0.05) is 6.07 Å². The van der Waals surface area contributed by atoms with E-state index in [0.717, 1.165) is 5.75 Å². The number of aliphatic hydroxyl groups is 1. The van der Waals surface area contributed by atoms with Crippen LogP contribution in [0.5, 0.6) is 0 Å². The van der Waals surface area contributed by atoms with E-state index in [1.54, 1.807) is 23.1 Å². The summed E-state index contributed by atoms with van der Waals surface area (Å²) in [5.41, 5.74) is 0. The van der Waals surface area contributed by atoms with Crippen LogP contribution in [-0.4, -0.2) is 17.5 Å². The van der Waals surface area contributed by atoms with Crippen molar-refractivity contribution >= 4 is 23.1 Å². The second kappa shape index (κ2) is 3.93. The van der Waals surface area contributed by atoms with Gasteiger partial charge in [-0.25, -0.2) is 0 Å². The molecule has 1 N–H and O–H groups in total. The molecule has 0 aliphatic heterocycles. The summed E-state index contributed by atoms with van der Waals surface area (Å²) in [6.07, 6.45) is 0. The van der Waals surface area contributed by atoms with E-state index in [9.17, 15) is 0 Å². The highest BCUT2D eigenvalue weighted by molar-refractivity contribution is 8.01. The minimum atomic E-state index is 0.266. The third-order valence-corrected chi connectivity index (χ3v) is 2.94. The summed E-state index contributed by atoms with van der Waals surface area (Å²) in [6, 6.07) is 4.08. The summed E-state index contributed by atoms with van der Waals surface area (Å²) < 4.78 is 1.28. The van der Waals surface area contributed by atoms with Crippen molar-refractivity contribution in [2.75, 3.05) is 12.4 Å². The fraction of sp³-hybridized carbons (Fsp3) is 0.333. The summed E-state index contributed by atoms with van der Waals surface area (Å²) in [5.74, 6) is 0.806. The lowest BCUT2D eigenvalue weighted by Crippen LogP contribution is -1.82. The second-order valence-electron chi connectivity index (χ2n) is 1.50. The minimum absolute atomic E-state index is 0.266. The van der Waals surface area contributed by atoms with E-state index >= 15 is 0 Å². The van der Waals surface area contributed by atoms with E-state index in [2.05, 4.69) is 6.07 Å². The molecule has 0 bridgehead atoms. The molecular formula is C6H8OS2. The zero-order valence-electron chi connectivity index (χ0n) is 4.91. The van der Waals surface area contributed by atoms with E-state index in [1.807, 2.05) is 11.4 Å². The molecule has 0 unspecified atom stereocenters. The van der Waals surface area contributed by atoms with Gasteiger partial charge >= 0.3 is 0 Å². The van der Waals surface area contributed by atoms with Gasteiger partial charge in [0.15, 0.2) is 0 Å². The van der Waals surface area contributed by atoms with Gasteiger partial charge in [-0.3, -0.25) is 0 Å². The number of hydrogen-bond donors (Lipinski definition) is 1. The Labute approximate surface area is 62.7 Å². The molecule has 0 aliphatic carbocycles. The van der Waals surface area contributed by atoms with Crippen LogP contribution in [-0.2, 0) is 0 Å². The first-order valence-electron chi connectivity index (χ1n) is 2.70. The first-order valence-corrected chi connectivity index (χ1v) is 4.57. The summed E-state index contributed by atoms with van der Waals surface area (Å²) in [5, 5.41) is 10.5. The van der Waals surface area contributed by atoms with Crippen LogP contribution in [0.2, 0.25) is 0 Å². The average molecular weight is 160 g/mol. The van der Waals surface area contributed by atoms with Crippen molar-refractivity contribution in [3.8, 4) is 0 Å². The van der Waals surface area contributed by atoms with Gasteiger partial charge in [-0.2, -0.15) is 0 Å². The highest BCUT2D eigenvalue weighted by Gasteiger charge is 1.90. The molecule has 0 radical (unpaired) electrons. The summed E-state index contributed by atoms with van der Waals surface area (Å²) in [6.45, 7) is 0.266. The number of aliphatic hydroxyl groups excluding tert-OH is 1. The van der Waals surface area contributed by atoms with E-state index in [0.29, 0.717) is 0 Å². The maximum absolute atomic E-state index is 8.45. The van der Waals surface area contributed by atoms with Crippen molar-refractivity contribution < 1.29 is 5.11 Å². The number of thioether (sulfide) groups is 1. The Morgan fingerprint density at radius 1 is 1.67 bits per heavy atom. The number of rotatable bonds is 3. The van der Waals surface area contributed by atoms with Gasteiger partial charge in [0.25, 0.3) is 0 Å². The molecule has 0 amide bonds. The predicted molar refractivity (Wildman–Crippen MR) is 42.1 cm³/mol. The number of hydrogen-bond acceptors (Lipinski definition) is 3. The van der Waals surface area contributed by atoms with E-state index in [-0.39, 0.29) is 6.61 Å². The van der Waals surface area contributed by atoms with E-state index in [4.69, 9.17) is 5.11 Å². The van der Waals surface area contributed by atoms with E-state index < -0.39 is 0 Å². The molecule has 0 saturated carbocycles. The van der Waals surface area contributed by atoms with Crippen LogP contribution in [0.15, 0.2) is 21.7 Å². The van der Waals surface area contributed by atoms with Crippen molar-refractivity contribution in [2.24, 2.45) is 0 Å². The first kappa shape index (κ1) is 7.12. The molecule has 1 nitrogen and oxygen atoms in total. The quantitative estimate of drug-likeness (QED) is 0.681. The first-order chi connectivity index (χ1) is 4.43. The highest BCUT2D eigenvalue weighted by Crippen LogP contribution is 2.22. The van der Waals surface area contributed by atoms with E-state index in [1.165, 1.54) is 4.21 Å². The Bertz CT molecular complexity index is 148. The summed E-state index contributed by atoms with van der Waals surface area (Å²) >= 11 is 3.41. The molecule has 0 aromatic carbocycles. The molecule has 1 rings (SSSR count). The van der Waals surface area contributed by atoms with Gasteiger partial charge in [-0.05, 0) is 11.4 Å². The molecule has 0 spiro atoms. The molecular weight excluding hydrogens is 152 g/mol. The van der Waals surface area contributed by atoms with Gasteiger partial charge in [0.05, 0.1) is 10.8 Å². The van der Waals surface area contributed by atoms with Crippen LogP contribution in [0.3, 0.4) is 0 Å². The average Bonchev–Trinajstić information content (AvgIpc) is 2.34. The lowest BCUT2D eigenvalue weighted by molar-refractivity contribution is 0.322. The van der Waals surface area contributed by atoms with Gasteiger partial charge in [0.2, 0.25) is 0 Å². The maximum atomic E-state index is 8.45. The van der Waals surface area contributed by atoms with Crippen LogP contribution in [0.25, 0.3) is 0 Å². The lowest BCUT2D eigenvalue weighted by Gasteiger charge is -1.90. The Balaban J connectivity index is 2.30. The van der Waals surface area contributed by atoms with Crippen LogP contribution >= 0.6 is 23.1 Å². The second-order valence-corrected chi connectivity index (χ2v) is 3.85. The standard InChI is InChI=1S/C6H8OS2/c7-3-5-9-6-2-1-4-8-6/h1-2,4,7H,3,5H2. The molecule has 50 valence electrons. The summed E-state index contributed by atoms with van der Waals surface area (Å²) in [7, 11) is 0. The van der Waals surface area contributed by atoms with Crippen molar-refractivity contribution in [3.63, 3.8) is 0 Å². The van der Waals surface area contributed by atoms with Gasteiger partial charge < -0.3 is 5.11 Å². The highest BCUT2D eigenvalue weighted by atomic mass is 32.2. The maximum Gasteiger partial charge on any atom is 0.0599 e. The Morgan fingerprint density at radius 3 is 3.11 bits per heavy atom. The predicted octanol–water partition coefficient (Wildman–Crippen LogP) is 1.83. The minimum Gasteiger partial charge on any atom is -0.396 e. The molecule has 1 aromatic heterocycles. The van der Waals surface area contributed by atoms with Crippen molar-refractivity contribution in [1.29, 1.82) is 0 Å². The van der Waals surface area contributed by atoms with Crippen molar-refractivity contribution in [3.05, 3.63) is 17.5 Å². The topological polar surface area (TPSA) is 20.2 Å². The zero-order chi connectivity index (χ0) is 6.53. The fourth-order valence-electron chi connectivity index (χ4n) is 0.492. The zero-order valence-corrected chi connectivity index (χ0v) is 6.54. The SMILES string of the molecule is OCCSc1cccs1. The van der Waals surface area contributed by atoms with Crippen LogP contribution in [0, 0.1) is 0 Å². The molecule has 9 heavy (non-hydrogen) atoms. The molecule has 0 fully saturated rings. The Morgan fingerprint density at radius 2 is 2.56 bits per heavy atom. The summed E-state index contributed by atoms with van der Waals surface area (Å²) in [4.78, 5) is 0. The van der Waals surface area contributed by atoms with Crippen LogP contribution in [0.1, 0.15) is 0 Å². The van der Waals surface area contributed by atoms with Gasteiger partial charge in [-0.15, -0.1) is 23.1 Å². The Kier molecular flexibility index (Phi) is 3.11. The smallest absolute Gasteiger partial charge is 0.0599 e. The van der Waals surface area contributed by atoms with Gasteiger partial charge in [0.1, 0.15) is 0 Å². The third kappa shape index (κ3) is 2.39.